The van der Waals surface area contributed by atoms with Crippen molar-refractivity contribution in [3.63, 3.8) is 0 Å². The molecule has 0 unspecified atom stereocenters. The highest BCUT2D eigenvalue weighted by Gasteiger charge is 2.51. The molecule has 0 radical (unpaired) electrons. The Labute approximate surface area is 168 Å². The molecule has 1 aliphatic carbocycles. The normalized spacial score (nSPS) is 14.4. The van der Waals surface area contributed by atoms with E-state index in [1.165, 1.54) is 18.7 Å². The molecular formula is C20H24N2O7. The highest BCUT2D eigenvalue weighted by atomic mass is 16.7. The summed E-state index contributed by atoms with van der Waals surface area (Å²) in [6.07, 6.45) is 0.00663. The second-order valence-corrected chi connectivity index (χ2v) is 7.36. The van der Waals surface area contributed by atoms with E-state index in [0.717, 1.165) is 0 Å². The molecule has 0 aliphatic heterocycles. The van der Waals surface area contributed by atoms with Crippen molar-refractivity contribution in [1.82, 2.24) is 4.90 Å². The summed E-state index contributed by atoms with van der Waals surface area (Å²) >= 11 is 0. The SMILES string of the molecule is CC(C)(COCCOC(=O)OCN(C(=O)c1ccccc1)C1(C#N)CC1)C(=O)O. The lowest BCUT2D eigenvalue weighted by atomic mass is 9.95. The zero-order chi connectivity index (χ0) is 21.5. The van der Waals surface area contributed by atoms with E-state index in [9.17, 15) is 19.6 Å². The second-order valence-electron chi connectivity index (χ2n) is 7.36. The average molecular weight is 404 g/mol. The second kappa shape index (κ2) is 9.39. The molecule has 0 spiro atoms. The van der Waals surface area contributed by atoms with Crippen LogP contribution < -0.4 is 0 Å². The Kier molecular flexibility index (Phi) is 7.18. The predicted molar refractivity (Wildman–Crippen MR) is 99.7 cm³/mol. The van der Waals surface area contributed by atoms with Crippen molar-refractivity contribution >= 4 is 18.0 Å². The van der Waals surface area contributed by atoms with E-state index < -0.39 is 35.7 Å². The molecule has 0 heterocycles. The topological polar surface area (TPSA) is 126 Å². The maximum atomic E-state index is 12.7. The van der Waals surface area contributed by atoms with E-state index in [4.69, 9.17) is 19.3 Å². The molecule has 1 aromatic carbocycles. The molecule has 1 fully saturated rings. The molecule has 1 aliphatic rings. The summed E-state index contributed by atoms with van der Waals surface area (Å²) in [4.78, 5) is 36.7. The first-order valence-electron chi connectivity index (χ1n) is 9.11. The van der Waals surface area contributed by atoms with Gasteiger partial charge in [0.15, 0.2) is 6.73 Å². The number of hydrogen-bond donors (Lipinski definition) is 1. The third-order valence-electron chi connectivity index (χ3n) is 4.52. The molecule has 29 heavy (non-hydrogen) atoms. The van der Waals surface area contributed by atoms with Crippen LogP contribution >= 0.6 is 0 Å². The molecule has 9 heteroatoms. The average Bonchev–Trinajstić information content (AvgIpc) is 3.49. The number of benzene rings is 1. The molecule has 1 aromatic rings. The van der Waals surface area contributed by atoms with Crippen molar-refractivity contribution in [2.45, 2.75) is 32.2 Å². The van der Waals surface area contributed by atoms with Gasteiger partial charge in [-0.3, -0.25) is 14.5 Å². The van der Waals surface area contributed by atoms with Gasteiger partial charge < -0.3 is 19.3 Å². The first kappa shape index (κ1) is 22.2. The summed E-state index contributed by atoms with van der Waals surface area (Å²) in [5, 5.41) is 18.4. The number of carboxylic acid groups (broad SMARTS) is 1. The number of amides is 1. The van der Waals surface area contributed by atoms with Crippen molar-refractivity contribution in [2.75, 3.05) is 26.6 Å². The minimum Gasteiger partial charge on any atom is -0.481 e. The van der Waals surface area contributed by atoms with Crippen LogP contribution in [0.5, 0.6) is 0 Å². The van der Waals surface area contributed by atoms with E-state index in [-0.39, 0.29) is 19.8 Å². The van der Waals surface area contributed by atoms with E-state index in [0.29, 0.717) is 18.4 Å². The number of carboxylic acids is 1. The largest absolute Gasteiger partial charge is 0.510 e. The van der Waals surface area contributed by atoms with Crippen LogP contribution in [-0.4, -0.2) is 60.1 Å². The van der Waals surface area contributed by atoms with Crippen LogP contribution in [-0.2, 0) is 19.0 Å². The maximum Gasteiger partial charge on any atom is 0.510 e. The van der Waals surface area contributed by atoms with Gasteiger partial charge in [-0.25, -0.2) is 4.79 Å². The van der Waals surface area contributed by atoms with Gasteiger partial charge in [0, 0.05) is 5.56 Å². The number of carbonyl (C=O) groups is 3. The minimum absolute atomic E-state index is 0.000598. The smallest absolute Gasteiger partial charge is 0.481 e. The van der Waals surface area contributed by atoms with Crippen LogP contribution in [0.4, 0.5) is 4.79 Å². The van der Waals surface area contributed by atoms with Gasteiger partial charge in [-0.05, 0) is 38.8 Å². The third-order valence-corrected chi connectivity index (χ3v) is 4.52. The molecule has 0 aromatic heterocycles. The van der Waals surface area contributed by atoms with Gasteiger partial charge in [0.1, 0.15) is 12.1 Å². The maximum absolute atomic E-state index is 12.7. The first-order chi connectivity index (χ1) is 13.7. The summed E-state index contributed by atoms with van der Waals surface area (Å²) < 4.78 is 15.1. The number of nitriles is 1. The molecule has 9 nitrogen and oxygen atoms in total. The van der Waals surface area contributed by atoms with Gasteiger partial charge in [0.05, 0.1) is 24.7 Å². The summed E-state index contributed by atoms with van der Waals surface area (Å²) in [6, 6.07) is 10.5. The van der Waals surface area contributed by atoms with Crippen molar-refractivity contribution in [2.24, 2.45) is 5.41 Å². The Bertz CT molecular complexity index is 782. The van der Waals surface area contributed by atoms with Crippen molar-refractivity contribution in [3.05, 3.63) is 35.9 Å². The van der Waals surface area contributed by atoms with E-state index in [2.05, 4.69) is 6.07 Å². The Morgan fingerprint density at radius 3 is 2.38 bits per heavy atom. The number of ether oxygens (including phenoxy) is 3. The summed E-state index contributed by atoms with van der Waals surface area (Å²) in [5.74, 6) is -1.40. The van der Waals surface area contributed by atoms with Crippen LogP contribution in [0.2, 0.25) is 0 Å². The molecule has 1 N–H and O–H groups in total. The van der Waals surface area contributed by atoms with Gasteiger partial charge >= 0.3 is 12.1 Å². The molecule has 1 saturated carbocycles. The Morgan fingerprint density at radius 1 is 1.17 bits per heavy atom. The fraction of sp³-hybridized carbons (Fsp3) is 0.500. The third kappa shape index (κ3) is 5.93. The molecule has 156 valence electrons. The zero-order valence-electron chi connectivity index (χ0n) is 16.4. The van der Waals surface area contributed by atoms with E-state index in [1.807, 2.05) is 0 Å². The van der Waals surface area contributed by atoms with Gasteiger partial charge in [-0.1, -0.05) is 18.2 Å². The Hall–Kier alpha value is -3.12. The lowest BCUT2D eigenvalue weighted by molar-refractivity contribution is -0.150. The molecule has 0 saturated heterocycles. The molecule has 1 amide bonds. The lowest BCUT2D eigenvalue weighted by Gasteiger charge is -2.26. The summed E-state index contributed by atoms with van der Waals surface area (Å²) in [5.41, 5.74) is -1.63. The van der Waals surface area contributed by atoms with Crippen LogP contribution in [0.15, 0.2) is 30.3 Å². The van der Waals surface area contributed by atoms with Crippen LogP contribution in [0.3, 0.4) is 0 Å². The lowest BCUT2D eigenvalue weighted by Crippen LogP contribution is -2.43. The minimum atomic E-state index is -1.05. The van der Waals surface area contributed by atoms with Crippen molar-refractivity contribution in [3.8, 4) is 6.07 Å². The van der Waals surface area contributed by atoms with Crippen molar-refractivity contribution < 1.29 is 33.7 Å². The van der Waals surface area contributed by atoms with Gasteiger partial charge in [-0.15, -0.1) is 0 Å². The van der Waals surface area contributed by atoms with Gasteiger partial charge in [-0.2, -0.15) is 5.26 Å². The fourth-order valence-electron chi connectivity index (χ4n) is 2.41. The monoisotopic (exact) mass is 404 g/mol. The molecule has 0 atom stereocenters. The summed E-state index contributed by atoms with van der Waals surface area (Å²) in [7, 11) is 0. The Balaban J connectivity index is 1.81. The fourth-order valence-corrected chi connectivity index (χ4v) is 2.41. The number of aliphatic carboxylic acids is 1. The highest BCUT2D eigenvalue weighted by Crippen LogP contribution is 2.41. The molecule has 0 bridgehead atoms. The quantitative estimate of drug-likeness (QED) is 0.358. The number of hydrogen-bond acceptors (Lipinski definition) is 7. The zero-order valence-corrected chi connectivity index (χ0v) is 16.4. The Morgan fingerprint density at radius 2 is 1.83 bits per heavy atom. The van der Waals surface area contributed by atoms with E-state index >= 15 is 0 Å². The molecule has 2 rings (SSSR count). The van der Waals surface area contributed by atoms with Crippen LogP contribution in [0.1, 0.15) is 37.0 Å². The number of rotatable bonds is 10. The van der Waals surface area contributed by atoms with Gasteiger partial charge in [0.2, 0.25) is 0 Å². The van der Waals surface area contributed by atoms with Gasteiger partial charge in [0.25, 0.3) is 5.91 Å². The number of nitrogens with zero attached hydrogens (tertiary/aromatic N) is 2. The predicted octanol–water partition coefficient (Wildman–Crippen LogP) is 2.42. The standard InChI is InChI=1S/C20H24N2O7/c1-19(2,17(24)25)13-27-10-11-28-18(26)29-14-22(20(12-21)8-9-20)16(23)15-6-4-3-5-7-15/h3-7H,8-11,13-14H2,1-2H3,(H,24,25). The van der Waals surface area contributed by atoms with Crippen LogP contribution in [0.25, 0.3) is 0 Å². The number of carbonyl (C=O) groups excluding carboxylic acids is 2. The summed E-state index contributed by atoms with van der Waals surface area (Å²) in [6.45, 7) is 2.46. The first-order valence-corrected chi connectivity index (χ1v) is 9.11. The van der Waals surface area contributed by atoms with Crippen LogP contribution in [0, 0.1) is 16.7 Å². The highest BCUT2D eigenvalue weighted by molar-refractivity contribution is 5.95. The van der Waals surface area contributed by atoms with E-state index in [1.54, 1.807) is 30.3 Å². The van der Waals surface area contributed by atoms with Crippen molar-refractivity contribution in [1.29, 1.82) is 5.26 Å². The molecular weight excluding hydrogens is 380 g/mol.